The highest BCUT2D eigenvalue weighted by Gasteiger charge is 2.61. The van der Waals surface area contributed by atoms with Crippen LogP contribution in [0.5, 0.6) is 5.75 Å². The van der Waals surface area contributed by atoms with Crippen LogP contribution in [0, 0.1) is 23.7 Å². The largest absolute Gasteiger partial charge is 0.461 e. The van der Waals surface area contributed by atoms with Crippen LogP contribution < -0.4 is 10.1 Å². The maximum absolute atomic E-state index is 7.01. The summed E-state index contributed by atoms with van der Waals surface area (Å²) in [4.78, 5) is 10.9. The van der Waals surface area contributed by atoms with Gasteiger partial charge in [0.25, 0.3) is 0 Å². The third-order valence-electron chi connectivity index (χ3n) is 13.8. The van der Waals surface area contributed by atoms with Crippen LogP contribution >= 0.6 is 0 Å². The van der Waals surface area contributed by atoms with Gasteiger partial charge in [0, 0.05) is 57.0 Å². The first-order valence-electron chi connectivity index (χ1n) is 20.8. The fourth-order valence-electron chi connectivity index (χ4n) is 11.4. The van der Waals surface area contributed by atoms with Crippen molar-refractivity contribution in [1.82, 2.24) is 9.88 Å². The van der Waals surface area contributed by atoms with Gasteiger partial charge in [0.05, 0.1) is 11.0 Å². The molecule has 3 heterocycles. The molecule has 0 amide bonds. The molecular weight excluding hydrogens is 697 g/mol. The highest BCUT2D eigenvalue weighted by Crippen LogP contribution is 2.66. The highest BCUT2D eigenvalue weighted by molar-refractivity contribution is 6.10. The van der Waals surface area contributed by atoms with Crippen LogP contribution in [0.1, 0.15) is 66.4 Å². The van der Waals surface area contributed by atoms with Gasteiger partial charge in [-0.05, 0) is 91.3 Å². The molecule has 0 radical (unpaired) electrons. The zero-order chi connectivity index (χ0) is 37.5. The third-order valence-corrected chi connectivity index (χ3v) is 13.8. The Morgan fingerprint density at radius 1 is 0.719 bits per heavy atom. The number of benzene rings is 5. The van der Waals surface area contributed by atoms with Crippen molar-refractivity contribution < 1.29 is 4.74 Å². The number of nitrogens with zero attached hydrogens (tertiary/aromatic N) is 3. The van der Waals surface area contributed by atoms with Crippen LogP contribution in [-0.2, 0) is 5.41 Å². The van der Waals surface area contributed by atoms with Gasteiger partial charge in [-0.2, -0.15) is 0 Å². The van der Waals surface area contributed by atoms with E-state index in [1.807, 2.05) is 0 Å². The molecule has 57 heavy (non-hydrogen) atoms. The summed E-state index contributed by atoms with van der Waals surface area (Å²) in [6.45, 7) is 0. The van der Waals surface area contributed by atoms with Gasteiger partial charge in [-0.1, -0.05) is 121 Å². The molecule has 1 aromatic heterocycles. The van der Waals surface area contributed by atoms with E-state index in [1.54, 1.807) is 0 Å². The minimum Gasteiger partial charge on any atom is -0.461 e. The van der Waals surface area contributed by atoms with E-state index in [4.69, 9.17) is 14.7 Å². The van der Waals surface area contributed by atoms with Crippen molar-refractivity contribution in [3.63, 3.8) is 0 Å². The predicted molar refractivity (Wildman–Crippen MR) is 231 cm³/mol. The molecule has 6 aliphatic rings. The fourth-order valence-corrected chi connectivity index (χ4v) is 11.4. The van der Waals surface area contributed by atoms with E-state index in [-0.39, 0.29) is 35.3 Å². The number of ether oxygens (including phenoxy) is 1. The average molecular weight is 741 g/mol. The summed E-state index contributed by atoms with van der Waals surface area (Å²) in [5.41, 5.74) is 8.61. The minimum absolute atomic E-state index is 0.0899. The molecule has 4 aliphatic carbocycles. The van der Waals surface area contributed by atoms with Crippen molar-refractivity contribution >= 4 is 33.5 Å². The molecular formula is C52H44N4O. The fraction of sp³-hybridized carbons (Fsp3) is 0.231. The smallest absolute Gasteiger partial charge is 0.147 e. The number of fused-ring (bicyclic) bond motifs is 12. The van der Waals surface area contributed by atoms with Gasteiger partial charge in [-0.3, -0.25) is 0 Å². The third kappa shape index (κ3) is 4.94. The lowest BCUT2D eigenvalue weighted by atomic mass is 9.55. The molecule has 5 nitrogen and oxygen atoms in total. The van der Waals surface area contributed by atoms with Crippen LogP contribution in [0.15, 0.2) is 180 Å². The van der Waals surface area contributed by atoms with Crippen molar-refractivity contribution in [3.8, 4) is 11.4 Å². The molecule has 0 saturated carbocycles. The number of hydrogen-bond acceptors (Lipinski definition) is 4. The summed E-state index contributed by atoms with van der Waals surface area (Å²) in [6, 6.07) is 44.5. The Morgan fingerprint density at radius 3 is 2.40 bits per heavy atom. The summed E-state index contributed by atoms with van der Waals surface area (Å²) >= 11 is 0. The van der Waals surface area contributed by atoms with Crippen LogP contribution in [-0.4, -0.2) is 16.2 Å². The molecule has 2 aliphatic heterocycles. The maximum atomic E-state index is 7.01. The molecule has 0 bridgehead atoms. The van der Waals surface area contributed by atoms with E-state index in [0.29, 0.717) is 5.92 Å². The second kappa shape index (κ2) is 12.9. The van der Waals surface area contributed by atoms with Crippen molar-refractivity contribution in [3.05, 3.63) is 192 Å². The van der Waals surface area contributed by atoms with Gasteiger partial charge < -0.3 is 14.6 Å². The topological polar surface area (TPSA) is 50.9 Å². The molecule has 5 aromatic carbocycles. The number of hydrogen-bond donors (Lipinski definition) is 1. The SMILES string of the molecule is C1=CC2c3cc4c5ccccc5n(-c5ccccc5)c4cc3C3(c4ccccc4OC4=CCC(C5=NC(c6ccccc6)NC(C6CC=CCC6)=N5)CC43)C2C=C1. The van der Waals surface area contributed by atoms with E-state index in [2.05, 4.69) is 174 Å². The van der Waals surface area contributed by atoms with E-state index in [9.17, 15) is 0 Å². The first kappa shape index (κ1) is 33.0. The molecule has 6 aromatic rings. The van der Waals surface area contributed by atoms with Gasteiger partial charge in [-0.25, -0.2) is 9.98 Å². The first-order valence-corrected chi connectivity index (χ1v) is 20.8. The number of nitrogens with one attached hydrogen (secondary N) is 1. The van der Waals surface area contributed by atoms with Gasteiger partial charge >= 0.3 is 0 Å². The van der Waals surface area contributed by atoms with Gasteiger partial charge in [0.2, 0.25) is 0 Å². The second-order valence-corrected chi connectivity index (χ2v) is 16.7. The van der Waals surface area contributed by atoms with E-state index in [1.165, 1.54) is 49.7 Å². The van der Waals surface area contributed by atoms with Crippen molar-refractivity contribution in [2.45, 2.75) is 49.6 Å². The van der Waals surface area contributed by atoms with Crippen molar-refractivity contribution in [2.75, 3.05) is 0 Å². The lowest BCUT2D eigenvalue weighted by molar-refractivity contribution is 0.162. The Kier molecular flexibility index (Phi) is 7.48. The van der Waals surface area contributed by atoms with Crippen molar-refractivity contribution in [2.24, 2.45) is 33.7 Å². The Morgan fingerprint density at radius 2 is 1.53 bits per heavy atom. The highest BCUT2D eigenvalue weighted by atomic mass is 16.5. The number of para-hydroxylation sites is 3. The zero-order valence-electron chi connectivity index (χ0n) is 31.8. The lowest BCUT2D eigenvalue weighted by Gasteiger charge is -2.50. The molecule has 1 N–H and O–H groups in total. The van der Waals surface area contributed by atoms with E-state index < -0.39 is 0 Å². The van der Waals surface area contributed by atoms with Crippen LogP contribution in [0.4, 0.5) is 0 Å². The van der Waals surface area contributed by atoms with Gasteiger partial charge in [0.15, 0.2) is 0 Å². The monoisotopic (exact) mass is 740 g/mol. The zero-order valence-corrected chi connectivity index (χ0v) is 31.8. The number of allylic oxidation sites excluding steroid dienone is 8. The van der Waals surface area contributed by atoms with Crippen LogP contribution in [0.25, 0.3) is 27.5 Å². The maximum Gasteiger partial charge on any atom is 0.147 e. The Bertz CT molecular complexity index is 2770. The molecule has 278 valence electrons. The molecule has 1 spiro atoms. The standard InChI is InChI=1S/C52H44N4O/c1-4-16-33(17-5-1)49-53-50(34-18-6-2-7-19-34)55-51(54-49)35-28-29-48-44(30-35)52(42-25-13-15-27-47(42)57-48)41-24-12-10-22-37(41)39-31-40-38-23-11-14-26-45(38)56(46(40)32-43(39)52)36-20-8-3-9-21-36/h1-6,8-17,20-27,29,31-32,34-35,37,41,44,49H,7,18-19,28,30H2,(H,53,54,55). The Labute approximate surface area is 333 Å². The minimum atomic E-state index is -0.361. The molecule has 7 atom stereocenters. The summed E-state index contributed by atoms with van der Waals surface area (Å²) in [5.74, 6) is 5.22. The Hall–Kier alpha value is -6.20. The van der Waals surface area contributed by atoms with Crippen LogP contribution in [0.2, 0.25) is 0 Å². The van der Waals surface area contributed by atoms with Crippen LogP contribution in [0.3, 0.4) is 0 Å². The number of rotatable bonds is 4. The summed E-state index contributed by atoms with van der Waals surface area (Å²) < 4.78 is 9.48. The molecule has 12 rings (SSSR count). The van der Waals surface area contributed by atoms with Gasteiger partial charge in [0.1, 0.15) is 29.3 Å². The number of aliphatic imine (C=N–C) groups is 2. The second-order valence-electron chi connectivity index (χ2n) is 16.7. The first-order chi connectivity index (χ1) is 28.3. The van der Waals surface area contributed by atoms with E-state index >= 15 is 0 Å². The molecule has 0 saturated heterocycles. The number of aromatic nitrogens is 1. The summed E-state index contributed by atoms with van der Waals surface area (Å²) in [5, 5.41) is 6.39. The quantitative estimate of drug-likeness (QED) is 0.183. The molecule has 7 unspecified atom stereocenters. The molecule has 0 fully saturated rings. The predicted octanol–water partition coefficient (Wildman–Crippen LogP) is 11.7. The average Bonchev–Trinajstić information content (AvgIpc) is 3.76. The lowest BCUT2D eigenvalue weighted by Crippen LogP contribution is -2.48. The van der Waals surface area contributed by atoms with E-state index in [0.717, 1.165) is 55.3 Å². The summed E-state index contributed by atoms with van der Waals surface area (Å²) in [6.07, 6.45) is 21.3. The van der Waals surface area contributed by atoms with Crippen molar-refractivity contribution in [1.29, 1.82) is 0 Å². The number of amidine groups is 2. The normalized spacial score (nSPS) is 28.1. The Balaban J connectivity index is 1.07. The van der Waals surface area contributed by atoms with Gasteiger partial charge in [-0.15, -0.1) is 0 Å². The molecule has 5 heteroatoms. The summed E-state index contributed by atoms with van der Waals surface area (Å²) in [7, 11) is 0.